The van der Waals surface area contributed by atoms with Crippen molar-refractivity contribution in [1.82, 2.24) is 5.32 Å². The van der Waals surface area contributed by atoms with Crippen LogP contribution >= 0.6 is 0 Å². The van der Waals surface area contributed by atoms with Gasteiger partial charge in [0.15, 0.2) is 18.9 Å². The van der Waals surface area contributed by atoms with Crippen LogP contribution in [0, 0.1) is 0 Å². The molecule has 66 heavy (non-hydrogen) atoms. The predicted molar refractivity (Wildman–Crippen MR) is 240 cm³/mol. The number of rotatable bonds is 31. The molecule has 0 bridgehead atoms. The Balaban J connectivity index is 1.50. The van der Waals surface area contributed by atoms with E-state index in [0.29, 0.717) is 19.3 Å². The Morgan fingerprint density at radius 2 is 1.05 bits per heavy atom. The van der Waals surface area contributed by atoms with E-state index in [1.807, 2.05) is 0 Å². The largest absolute Gasteiger partial charge is 0.394 e. The summed E-state index contributed by atoms with van der Waals surface area (Å²) in [6, 6.07) is -0.896. The number of carbonyl (C=O) groups excluding carboxylic acids is 1. The molecule has 3 fully saturated rings. The van der Waals surface area contributed by atoms with E-state index in [9.17, 15) is 61.0 Å². The van der Waals surface area contributed by atoms with E-state index in [1.165, 1.54) is 0 Å². The molecule has 3 saturated heterocycles. The molecule has 3 aliphatic rings. The minimum Gasteiger partial charge on any atom is -0.394 e. The Morgan fingerprint density at radius 3 is 1.61 bits per heavy atom. The smallest absolute Gasteiger partial charge is 0.220 e. The highest BCUT2D eigenvalue weighted by Crippen LogP contribution is 2.33. The third-order valence-corrected chi connectivity index (χ3v) is 11.9. The molecule has 17 unspecified atom stereocenters. The molecule has 0 saturated carbocycles. The minimum atomic E-state index is -1.97. The number of hydrogen-bond acceptors (Lipinski definition) is 18. The normalized spacial score (nSPS) is 34.2. The van der Waals surface area contributed by atoms with Crippen LogP contribution in [0.4, 0.5) is 0 Å². The predicted octanol–water partition coefficient (Wildman–Crippen LogP) is 0.413. The van der Waals surface area contributed by atoms with Crippen molar-refractivity contribution in [3.63, 3.8) is 0 Å². The molecule has 3 rings (SSSR count). The van der Waals surface area contributed by atoms with Crippen LogP contribution in [-0.4, -0.2) is 193 Å². The average Bonchev–Trinajstić information content (AvgIpc) is 3.31. The number of allylic oxidation sites excluding steroid dienone is 8. The number of aliphatic hydroxyl groups excluding tert-OH is 11. The van der Waals surface area contributed by atoms with E-state index in [0.717, 1.165) is 70.6 Å². The fraction of sp³-hybridized carbons (Fsp3) is 0.809. The fourth-order valence-electron chi connectivity index (χ4n) is 7.89. The summed E-state index contributed by atoms with van der Waals surface area (Å²) in [4.78, 5) is 13.1. The first kappa shape index (κ1) is 58.1. The Kier molecular flexibility index (Phi) is 28.6. The second kappa shape index (κ2) is 32.5. The van der Waals surface area contributed by atoms with Crippen molar-refractivity contribution < 1.29 is 89.4 Å². The van der Waals surface area contributed by atoms with Crippen molar-refractivity contribution in [2.75, 3.05) is 26.4 Å². The molecule has 3 heterocycles. The van der Waals surface area contributed by atoms with Gasteiger partial charge in [0.25, 0.3) is 0 Å². The first-order valence-electron chi connectivity index (χ1n) is 23.9. The maximum atomic E-state index is 13.1. The summed E-state index contributed by atoms with van der Waals surface area (Å²) in [5.74, 6) is -0.280. The second-order valence-electron chi connectivity index (χ2n) is 17.2. The third-order valence-electron chi connectivity index (χ3n) is 11.9. The molecule has 19 heteroatoms. The summed E-state index contributed by atoms with van der Waals surface area (Å²) < 4.78 is 33.9. The zero-order valence-electron chi connectivity index (χ0n) is 38.6. The van der Waals surface area contributed by atoms with Gasteiger partial charge in [-0.25, -0.2) is 0 Å². The van der Waals surface area contributed by atoms with E-state index in [1.54, 1.807) is 0 Å². The van der Waals surface area contributed by atoms with Gasteiger partial charge < -0.3 is 89.9 Å². The van der Waals surface area contributed by atoms with Gasteiger partial charge in [0.1, 0.15) is 73.2 Å². The molecule has 17 atom stereocenters. The number of carbonyl (C=O) groups is 1. The molecule has 19 nitrogen and oxygen atoms in total. The summed E-state index contributed by atoms with van der Waals surface area (Å²) in [5, 5.41) is 119. The zero-order valence-corrected chi connectivity index (χ0v) is 38.6. The van der Waals surface area contributed by atoms with Gasteiger partial charge in [0, 0.05) is 6.42 Å². The van der Waals surface area contributed by atoms with Gasteiger partial charge in [-0.3, -0.25) is 4.79 Å². The third kappa shape index (κ3) is 18.9. The van der Waals surface area contributed by atoms with Crippen LogP contribution in [0.15, 0.2) is 48.6 Å². The van der Waals surface area contributed by atoms with E-state index < -0.39 is 124 Å². The van der Waals surface area contributed by atoms with Crippen molar-refractivity contribution in [1.29, 1.82) is 0 Å². The Labute approximate surface area is 389 Å². The Bertz CT molecular complexity index is 1410. The van der Waals surface area contributed by atoms with Gasteiger partial charge in [-0.1, -0.05) is 101 Å². The molecule has 0 radical (unpaired) electrons. The molecule has 1 amide bonds. The molecule has 12 N–H and O–H groups in total. The second-order valence-corrected chi connectivity index (χ2v) is 17.2. The summed E-state index contributed by atoms with van der Waals surface area (Å²) >= 11 is 0. The molecule has 0 aromatic rings. The lowest BCUT2D eigenvalue weighted by Gasteiger charge is -2.48. The van der Waals surface area contributed by atoms with Crippen molar-refractivity contribution in [2.24, 2.45) is 0 Å². The highest BCUT2D eigenvalue weighted by atomic mass is 16.8. The quantitative estimate of drug-likeness (QED) is 0.0331. The standard InChI is InChI=1S/C47H81NO18/c1-3-5-7-9-10-11-12-13-14-15-16-17-18-19-20-21-23-25-35(53)48-30(31(52)24-22-8-6-4-2)29-61-45-41(59)38(56)43(33(27-50)63-45)66-47-42(60)39(57)44(34(28-51)64-47)65-46-40(58)37(55)36(54)32(26-49)62-46/h5,7,10-11,13-14,16-17,30-34,36-47,49-52,54-60H,3-4,6,8-9,12,15,18-29H2,1-2H3,(H,48,53)/b7-5-,11-10-,14-13-,17-16-. The lowest BCUT2D eigenvalue weighted by Crippen LogP contribution is -2.66. The summed E-state index contributed by atoms with van der Waals surface area (Å²) in [7, 11) is 0. The first-order valence-corrected chi connectivity index (χ1v) is 23.9. The van der Waals surface area contributed by atoms with E-state index >= 15 is 0 Å². The van der Waals surface area contributed by atoms with Crippen LogP contribution in [0.25, 0.3) is 0 Å². The first-order chi connectivity index (χ1) is 31.8. The molecule has 3 aliphatic heterocycles. The Hall–Kier alpha value is -2.25. The lowest BCUT2D eigenvalue weighted by atomic mass is 9.96. The van der Waals surface area contributed by atoms with Gasteiger partial charge in [0.05, 0.1) is 38.6 Å². The lowest BCUT2D eigenvalue weighted by molar-refractivity contribution is -0.379. The van der Waals surface area contributed by atoms with Crippen LogP contribution in [0.3, 0.4) is 0 Å². The number of amides is 1. The fourth-order valence-corrected chi connectivity index (χ4v) is 7.89. The summed E-state index contributed by atoms with van der Waals surface area (Å²) in [5.41, 5.74) is 0. The Morgan fingerprint density at radius 1 is 0.561 bits per heavy atom. The summed E-state index contributed by atoms with van der Waals surface area (Å²) in [6.45, 7) is 1.45. The van der Waals surface area contributed by atoms with Crippen molar-refractivity contribution in [2.45, 2.75) is 214 Å². The highest BCUT2D eigenvalue weighted by Gasteiger charge is 2.53. The molecular weight excluding hydrogens is 867 g/mol. The van der Waals surface area contributed by atoms with Crippen molar-refractivity contribution >= 4 is 5.91 Å². The zero-order chi connectivity index (χ0) is 48.4. The van der Waals surface area contributed by atoms with E-state index in [2.05, 4.69) is 67.8 Å². The van der Waals surface area contributed by atoms with Crippen LogP contribution in [0.1, 0.15) is 110 Å². The highest BCUT2D eigenvalue weighted by molar-refractivity contribution is 5.76. The van der Waals surface area contributed by atoms with Crippen LogP contribution in [0.2, 0.25) is 0 Å². The minimum absolute atomic E-state index is 0.234. The van der Waals surface area contributed by atoms with Gasteiger partial charge >= 0.3 is 0 Å². The van der Waals surface area contributed by atoms with Gasteiger partial charge in [-0.2, -0.15) is 0 Å². The number of unbranched alkanes of at least 4 members (excludes halogenated alkanes) is 7. The number of nitrogens with one attached hydrogen (secondary N) is 1. The topological polar surface area (TPSA) is 307 Å². The van der Waals surface area contributed by atoms with Crippen LogP contribution in [-0.2, 0) is 33.2 Å². The number of aliphatic hydroxyl groups is 11. The molecular formula is C47H81NO18. The molecule has 0 aromatic heterocycles. The monoisotopic (exact) mass is 948 g/mol. The van der Waals surface area contributed by atoms with Crippen LogP contribution < -0.4 is 5.32 Å². The summed E-state index contributed by atoms with van der Waals surface area (Å²) in [6.07, 6.45) is 3.16. The number of ether oxygens (including phenoxy) is 6. The van der Waals surface area contributed by atoms with Gasteiger partial charge in [0.2, 0.25) is 5.91 Å². The van der Waals surface area contributed by atoms with Gasteiger partial charge in [-0.05, 0) is 51.4 Å². The molecule has 0 aliphatic carbocycles. The number of hydrogen-bond donors (Lipinski definition) is 12. The molecule has 382 valence electrons. The molecule has 0 aromatic carbocycles. The van der Waals surface area contributed by atoms with Crippen LogP contribution in [0.5, 0.6) is 0 Å². The maximum Gasteiger partial charge on any atom is 0.220 e. The SMILES string of the molecule is CC/C=C\C/C=C\C/C=C\C/C=C\CCCCCCC(=O)NC(COC1OC(CO)C(OC2OC(CO)C(OC3OC(CO)C(O)C(O)C3O)C(O)C2O)C(O)C1O)C(O)CCCCCC. The van der Waals surface area contributed by atoms with Gasteiger partial charge in [-0.15, -0.1) is 0 Å². The van der Waals surface area contributed by atoms with E-state index in [4.69, 9.17) is 28.4 Å². The van der Waals surface area contributed by atoms with Crippen molar-refractivity contribution in [3.8, 4) is 0 Å². The van der Waals surface area contributed by atoms with Crippen molar-refractivity contribution in [3.05, 3.63) is 48.6 Å². The maximum absolute atomic E-state index is 13.1. The molecule has 0 spiro atoms. The average molecular weight is 948 g/mol. The van der Waals surface area contributed by atoms with E-state index in [-0.39, 0.29) is 18.9 Å².